The first-order chi connectivity index (χ1) is 8.22. The fourth-order valence-corrected chi connectivity index (χ4v) is 1.86. The lowest BCUT2D eigenvalue weighted by molar-refractivity contribution is 0.414. The summed E-state index contributed by atoms with van der Waals surface area (Å²) < 4.78 is 10.7. The molecule has 88 valence electrons. The van der Waals surface area contributed by atoms with Gasteiger partial charge in [0.15, 0.2) is 10.5 Å². The molecule has 0 radical (unpaired) electrons. The van der Waals surface area contributed by atoms with Crippen LogP contribution >= 0.6 is 11.8 Å². The Hall–Kier alpha value is -1.68. The molecule has 2 rings (SSSR count). The summed E-state index contributed by atoms with van der Waals surface area (Å²) in [6.07, 6.45) is 1.87. The molecule has 0 aliphatic heterocycles. The minimum atomic E-state index is -0.0496. The zero-order valence-corrected chi connectivity index (χ0v) is 10.4. The quantitative estimate of drug-likeness (QED) is 0.783. The summed E-state index contributed by atoms with van der Waals surface area (Å²) in [4.78, 5) is 11.5. The summed E-state index contributed by atoms with van der Waals surface area (Å²) >= 11 is 1.41. The Kier molecular flexibility index (Phi) is 3.54. The molecule has 1 aromatic heterocycles. The maximum absolute atomic E-state index is 11.5. The summed E-state index contributed by atoms with van der Waals surface area (Å²) in [7, 11) is 1.61. The molecule has 0 bridgehead atoms. The van der Waals surface area contributed by atoms with Gasteiger partial charge in [-0.3, -0.25) is 4.79 Å². The molecule has 0 N–H and O–H groups in total. The Morgan fingerprint density at radius 3 is 2.47 bits per heavy atom. The lowest BCUT2D eigenvalue weighted by Crippen LogP contribution is -1.97. The van der Waals surface area contributed by atoms with Crippen molar-refractivity contribution in [2.45, 2.75) is 5.09 Å². The van der Waals surface area contributed by atoms with Gasteiger partial charge in [-0.2, -0.15) is 0 Å². The minimum Gasteiger partial charge on any atom is -0.497 e. The van der Waals surface area contributed by atoms with Crippen LogP contribution in [0.2, 0.25) is 0 Å². The fourth-order valence-electron chi connectivity index (χ4n) is 1.45. The summed E-state index contributed by atoms with van der Waals surface area (Å²) in [5, 5.41) is 0.614. The molecule has 1 heterocycles. The summed E-state index contributed by atoms with van der Waals surface area (Å²) in [6.45, 7) is 0. The van der Waals surface area contributed by atoms with Crippen LogP contribution in [0, 0.1) is 0 Å². The molecule has 0 atom stereocenters. The molecule has 3 nitrogen and oxygen atoms in total. The van der Waals surface area contributed by atoms with Crippen LogP contribution in [0.4, 0.5) is 0 Å². The van der Waals surface area contributed by atoms with Crippen molar-refractivity contribution in [1.82, 2.24) is 0 Å². The fraction of sp³-hybridized carbons (Fsp3) is 0.154. The first kappa shape index (κ1) is 11.8. The molecular weight excluding hydrogens is 236 g/mol. The number of hydrogen-bond acceptors (Lipinski definition) is 4. The van der Waals surface area contributed by atoms with Crippen molar-refractivity contribution < 1.29 is 9.15 Å². The van der Waals surface area contributed by atoms with Gasteiger partial charge in [0.1, 0.15) is 11.5 Å². The highest BCUT2D eigenvalue weighted by molar-refractivity contribution is 7.98. The highest BCUT2D eigenvalue weighted by atomic mass is 32.2. The third kappa shape index (κ3) is 2.71. The van der Waals surface area contributed by atoms with Crippen LogP contribution in [0.15, 0.2) is 50.7 Å². The van der Waals surface area contributed by atoms with E-state index in [1.165, 1.54) is 23.9 Å². The lowest BCUT2D eigenvalue weighted by atomic mass is 10.1. The molecule has 1 aromatic carbocycles. The van der Waals surface area contributed by atoms with E-state index in [1.54, 1.807) is 7.11 Å². The van der Waals surface area contributed by atoms with E-state index < -0.39 is 0 Å². The van der Waals surface area contributed by atoms with Gasteiger partial charge in [0.25, 0.3) is 0 Å². The predicted octanol–water partition coefficient (Wildman–Crippen LogP) is 3.04. The average Bonchev–Trinajstić information content (AvgIpc) is 2.38. The van der Waals surface area contributed by atoms with Crippen LogP contribution in [0.5, 0.6) is 5.75 Å². The van der Waals surface area contributed by atoms with Gasteiger partial charge in [0, 0.05) is 17.7 Å². The second-order valence-corrected chi connectivity index (χ2v) is 4.22. The van der Waals surface area contributed by atoms with E-state index in [4.69, 9.17) is 9.15 Å². The van der Waals surface area contributed by atoms with Crippen molar-refractivity contribution in [1.29, 1.82) is 0 Å². The molecule has 0 aliphatic rings. The Morgan fingerprint density at radius 2 is 1.88 bits per heavy atom. The van der Waals surface area contributed by atoms with E-state index >= 15 is 0 Å². The molecule has 2 aromatic rings. The molecule has 0 saturated heterocycles. The Labute approximate surface area is 103 Å². The second kappa shape index (κ2) is 5.10. The van der Waals surface area contributed by atoms with Crippen molar-refractivity contribution in [2.75, 3.05) is 13.4 Å². The van der Waals surface area contributed by atoms with Crippen LogP contribution < -0.4 is 10.2 Å². The van der Waals surface area contributed by atoms with Gasteiger partial charge < -0.3 is 9.15 Å². The van der Waals surface area contributed by atoms with Crippen molar-refractivity contribution >= 4 is 11.8 Å². The molecule has 0 amide bonds. The van der Waals surface area contributed by atoms with Gasteiger partial charge in [-0.05, 0) is 30.5 Å². The normalized spacial score (nSPS) is 10.2. The largest absolute Gasteiger partial charge is 0.497 e. The van der Waals surface area contributed by atoms with E-state index in [-0.39, 0.29) is 5.43 Å². The molecule has 0 unspecified atom stereocenters. The summed E-state index contributed by atoms with van der Waals surface area (Å²) in [5.74, 6) is 1.35. The maximum Gasteiger partial charge on any atom is 0.186 e. The van der Waals surface area contributed by atoms with E-state index in [1.807, 2.05) is 30.5 Å². The number of ether oxygens (including phenoxy) is 1. The number of rotatable bonds is 3. The van der Waals surface area contributed by atoms with E-state index in [2.05, 4.69) is 0 Å². The average molecular weight is 248 g/mol. The molecule has 0 spiro atoms. The van der Waals surface area contributed by atoms with Crippen LogP contribution in [0.3, 0.4) is 0 Å². The lowest BCUT2D eigenvalue weighted by Gasteiger charge is -2.04. The SMILES string of the molecule is COc1ccc(-c2cc(=O)cc(SC)o2)cc1. The Balaban J connectivity index is 2.44. The van der Waals surface area contributed by atoms with Gasteiger partial charge in [0.05, 0.1) is 7.11 Å². The summed E-state index contributed by atoms with van der Waals surface area (Å²) in [5.41, 5.74) is 0.810. The molecule has 0 fully saturated rings. The Bertz CT molecular complexity index is 558. The van der Waals surface area contributed by atoms with Crippen LogP contribution in [-0.4, -0.2) is 13.4 Å². The van der Waals surface area contributed by atoms with Crippen LogP contribution in [0.1, 0.15) is 0 Å². The monoisotopic (exact) mass is 248 g/mol. The summed E-state index contributed by atoms with van der Waals surface area (Å²) in [6, 6.07) is 10.4. The van der Waals surface area contributed by atoms with Crippen molar-refractivity contribution in [2.24, 2.45) is 0 Å². The zero-order valence-electron chi connectivity index (χ0n) is 9.60. The van der Waals surface area contributed by atoms with E-state index in [0.717, 1.165) is 11.3 Å². The second-order valence-electron chi connectivity index (χ2n) is 3.41. The van der Waals surface area contributed by atoms with Crippen molar-refractivity contribution in [3.05, 3.63) is 46.6 Å². The number of thioether (sulfide) groups is 1. The first-order valence-electron chi connectivity index (χ1n) is 5.06. The highest BCUT2D eigenvalue weighted by Crippen LogP contribution is 2.24. The standard InChI is InChI=1S/C13H12O3S/c1-15-11-5-3-9(4-6-11)12-7-10(14)8-13(16-12)17-2/h3-8H,1-2H3. The molecular formula is C13H12O3S. The van der Waals surface area contributed by atoms with Gasteiger partial charge in [-0.1, -0.05) is 11.8 Å². The van der Waals surface area contributed by atoms with Gasteiger partial charge >= 0.3 is 0 Å². The van der Waals surface area contributed by atoms with E-state index in [0.29, 0.717) is 10.9 Å². The Morgan fingerprint density at radius 1 is 1.18 bits per heavy atom. The highest BCUT2D eigenvalue weighted by Gasteiger charge is 2.04. The maximum atomic E-state index is 11.5. The number of hydrogen-bond donors (Lipinski definition) is 0. The minimum absolute atomic E-state index is 0.0496. The smallest absolute Gasteiger partial charge is 0.186 e. The number of methoxy groups -OCH3 is 1. The van der Waals surface area contributed by atoms with Gasteiger partial charge in [0.2, 0.25) is 0 Å². The molecule has 17 heavy (non-hydrogen) atoms. The number of benzene rings is 1. The molecule has 0 aliphatic carbocycles. The predicted molar refractivity (Wildman–Crippen MR) is 68.7 cm³/mol. The van der Waals surface area contributed by atoms with Crippen molar-refractivity contribution in [3.63, 3.8) is 0 Å². The third-order valence-corrected chi connectivity index (χ3v) is 2.92. The molecule has 4 heteroatoms. The topological polar surface area (TPSA) is 39.4 Å². The first-order valence-corrected chi connectivity index (χ1v) is 6.29. The van der Waals surface area contributed by atoms with Crippen LogP contribution in [0.25, 0.3) is 11.3 Å². The van der Waals surface area contributed by atoms with Crippen molar-refractivity contribution in [3.8, 4) is 17.1 Å². The zero-order chi connectivity index (χ0) is 12.3. The third-order valence-electron chi connectivity index (χ3n) is 2.32. The van der Waals surface area contributed by atoms with Crippen LogP contribution in [-0.2, 0) is 0 Å². The van der Waals surface area contributed by atoms with E-state index in [9.17, 15) is 4.79 Å². The van der Waals surface area contributed by atoms with Gasteiger partial charge in [-0.25, -0.2) is 0 Å². The van der Waals surface area contributed by atoms with Gasteiger partial charge in [-0.15, -0.1) is 0 Å². The molecule has 0 saturated carbocycles.